The van der Waals surface area contributed by atoms with E-state index in [4.69, 9.17) is 37.9 Å². The zero-order chi connectivity index (χ0) is 72.5. The van der Waals surface area contributed by atoms with Crippen LogP contribution < -0.4 is 37.9 Å². The summed E-state index contributed by atoms with van der Waals surface area (Å²) in [4.78, 5) is 49.7. The molecule has 0 fully saturated rings. The second-order valence-corrected chi connectivity index (χ2v) is 23.6. The summed E-state index contributed by atoms with van der Waals surface area (Å²) in [6.45, 7) is 13.2. The molecule has 0 radical (unpaired) electrons. The number of phenolic OH excluding ortho intramolecular Hbond substituents is 8. The van der Waals surface area contributed by atoms with E-state index in [0.29, 0.717) is 0 Å². The fraction of sp³-hybridized carbons (Fsp3) is 0.316. The van der Waals surface area contributed by atoms with E-state index in [0.717, 1.165) is 24.3 Å². The minimum Gasteiger partial charge on any atom is -0.507 e. The van der Waals surface area contributed by atoms with Crippen LogP contribution in [0.1, 0.15) is 172 Å². The van der Waals surface area contributed by atoms with Crippen LogP contribution in [0.4, 0.5) is 0 Å². The van der Waals surface area contributed by atoms with Crippen molar-refractivity contribution in [3.05, 3.63) is 188 Å². The van der Waals surface area contributed by atoms with E-state index in [1.54, 1.807) is 55.4 Å². The number of benzene rings is 8. The predicted molar refractivity (Wildman–Crippen MR) is 363 cm³/mol. The maximum absolute atomic E-state index is 12.7. The summed E-state index contributed by atoms with van der Waals surface area (Å²) in [6.07, 6.45) is -5.20. The molecule has 4 unspecified atom stereocenters. The molecular weight excluding hydrogens is 1300 g/mol. The lowest BCUT2D eigenvalue weighted by atomic mass is 9.75. The average molecular weight is 1380 g/mol. The van der Waals surface area contributed by atoms with Crippen LogP contribution in [-0.2, 0) is 19.2 Å². The van der Waals surface area contributed by atoms with Crippen LogP contribution >= 0.6 is 0 Å². The molecule has 100 heavy (non-hydrogen) atoms. The molecule has 0 aromatic heterocycles. The summed E-state index contributed by atoms with van der Waals surface area (Å²) in [7, 11) is 0. The molecule has 4 atom stereocenters. The van der Waals surface area contributed by atoms with Gasteiger partial charge in [0, 0.05) is 92.4 Å². The Hall–Kier alpha value is -11.6. The van der Waals surface area contributed by atoms with Crippen LogP contribution in [0.2, 0.25) is 0 Å². The molecule has 0 aliphatic heterocycles. The van der Waals surface area contributed by atoms with Gasteiger partial charge in [-0.1, -0.05) is 52.0 Å². The Morgan fingerprint density at radius 1 is 0.270 bits per heavy atom. The number of ether oxygens (including phenoxy) is 8. The Morgan fingerprint density at radius 2 is 0.440 bits per heavy atom. The van der Waals surface area contributed by atoms with Crippen molar-refractivity contribution in [2.45, 2.75) is 129 Å². The second-order valence-electron chi connectivity index (χ2n) is 23.6. The summed E-state index contributed by atoms with van der Waals surface area (Å²) in [5.74, 6) is -15.7. The topological polar surface area (TPSA) is 385 Å². The Balaban J connectivity index is 1.49. The third-order valence-corrected chi connectivity index (χ3v) is 17.3. The van der Waals surface area contributed by atoms with Crippen molar-refractivity contribution in [2.75, 3.05) is 26.4 Å². The van der Waals surface area contributed by atoms with Crippen molar-refractivity contribution in [3.8, 4) is 92.0 Å². The Bertz CT molecular complexity index is 3700. The first-order valence-electron chi connectivity index (χ1n) is 32.7. The highest BCUT2D eigenvalue weighted by Gasteiger charge is 2.38. The maximum atomic E-state index is 12.7. The first-order chi connectivity index (χ1) is 47.8. The van der Waals surface area contributed by atoms with Crippen LogP contribution in [0.25, 0.3) is 0 Å². The van der Waals surface area contributed by atoms with E-state index >= 15 is 0 Å². The van der Waals surface area contributed by atoms with E-state index in [-0.39, 0.29) is 165 Å². The van der Waals surface area contributed by atoms with Crippen molar-refractivity contribution < 1.29 is 118 Å². The summed E-state index contributed by atoms with van der Waals surface area (Å²) in [6, 6.07) is 27.4. The highest BCUT2D eigenvalue weighted by atomic mass is 16.6. The summed E-state index contributed by atoms with van der Waals surface area (Å²) in [5, 5.41) is 142. The number of carbonyl (C=O) groups is 4. The molecule has 9 rings (SSSR count). The zero-order valence-electron chi connectivity index (χ0n) is 56.1. The number of aliphatic carboxylic acids is 4. The Labute approximate surface area is 575 Å². The minimum atomic E-state index is -1.46. The van der Waals surface area contributed by atoms with Crippen molar-refractivity contribution >= 4 is 23.9 Å². The third-order valence-electron chi connectivity index (χ3n) is 17.3. The first-order valence-corrected chi connectivity index (χ1v) is 32.7. The number of carboxylic acid groups (broad SMARTS) is 4. The van der Waals surface area contributed by atoms with Gasteiger partial charge in [-0.2, -0.15) is 0 Å². The van der Waals surface area contributed by atoms with Crippen molar-refractivity contribution in [1.29, 1.82) is 0 Å². The maximum Gasteiger partial charge on any atom is 0.344 e. The van der Waals surface area contributed by atoms with Gasteiger partial charge in [-0.05, 0) is 148 Å². The SMILES string of the molecule is CCOc1cc(C2c3cc(c(O)cc3O)C(c3ccc(OC(CC)C(=O)O)c(OCC)c3)c3cc(c(O)cc3O)C(c3ccc(OC(CC)C(=O)O)c(OCC)c3)c3cc(c(O)cc3O)C(c3ccc(OC(CC)C(=O)O)c(OCC)c3)c3cc2c(O)cc3O)ccc1OC(CC)C(=O)O. The van der Waals surface area contributed by atoms with Gasteiger partial charge < -0.3 is 99.2 Å². The van der Waals surface area contributed by atoms with Gasteiger partial charge in [0.25, 0.3) is 0 Å². The van der Waals surface area contributed by atoms with Gasteiger partial charge in [-0.15, -0.1) is 0 Å². The molecular formula is C76H80O24. The summed E-state index contributed by atoms with van der Waals surface area (Å²) >= 11 is 0. The number of aromatic hydroxyl groups is 8. The van der Waals surface area contributed by atoms with Gasteiger partial charge in [-0.3, -0.25) is 0 Å². The molecule has 12 N–H and O–H groups in total. The molecule has 8 aromatic carbocycles. The predicted octanol–water partition coefficient (Wildman–Crippen LogP) is 12.9. The van der Waals surface area contributed by atoms with Gasteiger partial charge in [0.05, 0.1) is 26.4 Å². The standard InChI is InChI=1S/C76H80O24/c1-9-57(73(85)86)97-61-21-17-37(25-65(61)93-13-5)69-41-29-43(51(79)33-49(41)77)70(38-18-22-62(66(26-38)94-14-6)98-58(10-2)74(87)88)45-31-47(55(83)35-53(45)81)72(40-20-24-64(68(28-40)96-16-8)100-60(12-4)76(91)92)48-32-46(54(82)36-56(48)84)71(44-30-42(69)50(78)34-52(44)80)39-19-23-63(67(27-39)95-15-7)99-59(11-3)75(89)90/h17-36,57-60,69-72,77-84H,9-16H2,1-8H3,(H,85,86)(H,87,88)(H,89,90)(H,91,92). The van der Waals surface area contributed by atoms with Gasteiger partial charge in [0.15, 0.2) is 70.4 Å². The largest absolute Gasteiger partial charge is 0.507 e. The fourth-order valence-corrected chi connectivity index (χ4v) is 12.5. The molecule has 1 aliphatic carbocycles. The first kappa shape index (κ1) is 72.7. The van der Waals surface area contributed by atoms with E-state index < -0.39 is 118 Å². The lowest BCUT2D eigenvalue weighted by Crippen LogP contribution is -2.26. The zero-order valence-corrected chi connectivity index (χ0v) is 56.1. The molecule has 0 heterocycles. The number of rotatable bonds is 28. The molecule has 8 aromatic rings. The fourth-order valence-electron chi connectivity index (χ4n) is 12.5. The summed E-state index contributed by atoms with van der Waals surface area (Å²) in [5.41, 5.74) is 0.0720. The number of fused-ring (bicyclic) bond motifs is 8. The van der Waals surface area contributed by atoms with Gasteiger partial charge in [0.2, 0.25) is 0 Å². The molecule has 0 amide bonds. The van der Waals surface area contributed by atoms with Crippen LogP contribution in [0.15, 0.2) is 121 Å². The molecule has 8 bridgehead atoms. The quantitative estimate of drug-likeness (QED) is 0.0217. The van der Waals surface area contributed by atoms with Crippen molar-refractivity contribution in [3.63, 3.8) is 0 Å². The molecule has 1 aliphatic rings. The number of hydrogen-bond donors (Lipinski definition) is 12. The number of carboxylic acids is 4. The van der Waals surface area contributed by atoms with Gasteiger partial charge >= 0.3 is 23.9 Å². The Kier molecular flexibility index (Phi) is 22.8. The molecule has 0 spiro atoms. The Morgan fingerprint density at radius 3 is 0.580 bits per heavy atom. The monoisotopic (exact) mass is 1380 g/mol. The average Bonchev–Trinajstić information content (AvgIpc) is 0.741. The molecule has 24 nitrogen and oxygen atoms in total. The van der Waals surface area contributed by atoms with E-state index in [9.17, 15) is 80.5 Å². The highest BCUT2D eigenvalue weighted by molar-refractivity contribution is 5.76. The summed E-state index contributed by atoms with van der Waals surface area (Å²) < 4.78 is 48.6. The van der Waals surface area contributed by atoms with Crippen LogP contribution in [0.3, 0.4) is 0 Å². The van der Waals surface area contributed by atoms with E-state index in [2.05, 4.69) is 0 Å². The molecule has 0 saturated heterocycles. The smallest absolute Gasteiger partial charge is 0.344 e. The highest BCUT2D eigenvalue weighted by Crippen LogP contribution is 2.56. The third kappa shape index (κ3) is 15.1. The molecule has 0 saturated carbocycles. The van der Waals surface area contributed by atoms with Gasteiger partial charge in [0.1, 0.15) is 46.0 Å². The second kappa shape index (κ2) is 31.3. The minimum absolute atomic E-state index is 0.00562. The number of hydrogen-bond acceptors (Lipinski definition) is 20. The molecule has 528 valence electrons. The van der Waals surface area contributed by atoms with Crippen LogP contribution in [0.5, 0.6) is 92.0 Å². The van der Waals surface area contributed by atoms with Crippen molar-refractivity contribution in [1.82, 2.24) is 0 Å². The van der Waals surface area contributed by atoms with Crippen LogP contribution in [-0.4, -0.2) is 136 Å². The molecule has 24 heteroatoms. The lowest BCUT2D eigenvalue weighted by molar-refractivity contribution is -0.146. The normalized spacial score (nSPS) is 16.0. The number of phenols is 8. The lowest BCUT2D eigenvalue weighted by Gasteiger charge is -2.30. The van der Waals surface area contributed by atoms with Gasteiger partial charge in [-0.25, -0.2) is 19.2 Å². The van der Waals surface area contributed by atoms with Crippen molar-refractivity contribution in [2.24, 2.45) is 0 Å². The van der Waals surface area contributed by atoms with E-state index in [1.807, 2.05) is 0 Å². The van der Waals surface area contributed by atoms with E-state index in [1.165, 1.54) is 97.1 Å². The van der Waals surface area contributed by atoms with Crippen LogP contribution in [0, 0.1) is 0 Å².